The summed E-state index contributed by atoms with van der Waals surface area (Å²) in [5.74, 6) is 0.656. The van der Waals surface area contributed by atoms with Crippen LogP contribution in [0.3, 0.4) is 0 Å². The number of halogens is 1. The summed E-state index contributed by atoms with van der Waals surface area (Å²) >= 11 is 3.45. The minimum Gasteiger partial charge on any atom is -0.496 e. The van der Waals surface area contributed by atoms with Crippen molar-refractivity contribution in [2.24, 2.45) is 5.92 Å². The van der Waals surface area contributed by atoms with E-state index in [1.165, 1.54) is 0 Å². The molecule has 6 nitrogen and oxygen atoms in total. The van der Waals surface area contributed by atoms with Gasteiger partial charge in [-0.05, 0) is 65.7 Å². The van der Waals surface area contributed by atoms with Gasteiger partial charge in [-0.25, -0.2) is 9.59 Å². The highest BCUT2D eigenvalue weighted by Gasteiger charge is 2.35. The van der Waals surface area contributed by atoms with Gasteiger partial charge in [-0.1, -0.05) is 13.0 Å². The van der Waals surface area contributed by atoms with Crippen LogP contribution in [0.2, 0.25) is 0 Å². The number of hydrogen-bond donors (Lipinski definition) is 2. The molecule has 2 amide bonds. The van der Waals surface area contributed by atoms with E-state index in [0.717, 1.165) is 29.3 Å². The number of nitrogens with one attached hydrogen (secondary N) is 2. The number of esters is 1. The van der Waals surface area contributed by atoms with Crippen LogP contribution in [0, 0.1) is 5.92 Å². The van der Waals surface area contributed by atoms with Gasteiger partial charge in [0.15, 0.2) is 0 Å². The van der Waals surface area contributed by atoms with Gasteiger partial charge in [0, 0.05) is 5.70 Å². The predicted molar refractivity (Wildman–Crippen MR) is 101 cm³/mol. The molecule has 26 heavy (non-hydrogen) atoms. The third-order valence-corrected chi connectivity index (χ3v) is 5.66. The monoisotopic (exact) mass is 422 g/mol. The van der Waals surface area contributed by atoms with E-state index < -0.39 is 6.04 Å². The molecule has 3 atom stereocenters. The zero-order chi connectivity index (χ0) is 18.8. The van der Waals surface area contributed by atoms with Gasteiger partial charge in [-0.15, -0.1) is 0 Å². The molecule has 0 spiro atoms. The number of benzene rings is 1. The average molecular weight is 423 g/mol. The van der Waals surface area contributed by atoms with E-state index in [0.29, 0.717) is 22.9 Å². The number of ether oxygens (including phenoxy) is 2. The molecule has 1 fully saturated rings. The zero-order valence-corrected chi connectivity index (χ0v) is 16.7. The van der Waals surface area contributed by atoms with Crippen LogP contribution in [0.25, 0.3) is 0 Å². The Hall–Kier alpha value is -2.02. The normalized spacial score (nSPS) is 25.5. The van der Waals surface area contributed by atoms with Crippen molar-refractivity contribution in [1.29, 1.82) is 0 Å². The Morgan fingerprint density at radius 1 is 1.31 bits per heavy atom. The molecule has 0 unspecified atom stereocenters. The minimum absolute atomic E-state index is 0.0660. The summed E-state index contributed by atoms with van der Waals surface area (Å²) in [5.41, 5.74) is 1.72. The molecule has 140 valence electrons. The largest absolute Gasteiger partial charge is 0.496 e. The maximum atomic E-state index is 12.9. The van der Waals surface area contributed by atoms with E-state index >= 15 is 0 Å². The fourth-order valence-corrected chi connectivity index (χ4v) is 4.12. The SMILES string of the molecule is COc1ccc([C@@H]2NC(=O)NC(C)=C2C(=O)O[C@@H]2CCC[C@@H]2C)cc1Br. The Balaban J connectivity index is 1.91. The number of methoxy groups -OCH3 is 1. The van der Waals surface area contributed by atoms with Gasteiger partial charge in [0.2, 0.25) is 0 Å². The lowest BCUT2D eigenvalue weighted by Gasteiger charge is -2.29. The molecule has 1 aliphatic carbocycles. The summed E-state index contributed by atoms with van der Waals surface area (Å²) in [6.45, 7) is 3.82. The maximum absolute atomic E-state index is 12.9. The molecule has 0 bridgehead atoms. The molecule has 0 saturated heterocycles. The Kier molecular flexibility index (Phi) is 5.55. The van der Waals surface area contributed by atoms with Gasteiger partial charge >= 0.3 is 12.0 Å². The van der Waals surface area contributed by atoms with Crippen LogP contribution in [0.1, 0.15) is 44.7 Å². The molecule has 0 radical (unpaired) electrons. The van der Waals surface area contributed by atoms with Gasteiger partial charge in [-0.3, -0.25) is 0 Å². The zero-order valence-electron chi connectivity index (χ0n) is 15.1. The van der Waals surface area contributed by atoms with E-state index in [1.54, 1.807) is 20.1 Å². The highest BCUT2D eigenvalue weighted by Crippen LogP contribution is 2.34. The lowest BCUT2D eigenvalue weighted by molar-refractivity contribution is -0.146. The molecule has 2 N–H and O–H groups in total. The third-order valence-electron chi connectivity index (χ3n) is 5.04. The standard InChI is InChI=1S/C19H23BrN2O4/c1-10-5-4-6-14(10)26-18(23)16-11(2)21-19(24)22-17(16)12-7-8-15(25-3)13(20)9-12/h7-10,14,17H,4-6H2,1-3H3,(H2,21,22,24)/t10-,14+,17-/m0/s1. The van der Waals surface area contributed by atoms with E-state index in [9.17, 15) is 9.59 Å². The lowest BCUT2D eigenvalue weighted by atomic mass is 9.95. The maximum Gasteiger partial charge on any atom is 0.338 e. The topological polar surface area (TPSA) is 76.7 Å². The van der Waals surface area contributed by atoms with Crippen molar-refractivity contribution in [2.45, 2.75) is 45.3 Å². The van der Waals surface area contributed by atoms with Gasteiger partial charge in [0.1, 0.15) is 11.9 Å². The molecule has 1 aromatic carbocycles. The Morgan fingerprint density at radius 2 is 2.08 bits per heavy atom. The number of carbonyl (C=O) groups excluding carboxylic acids is 2. The summed E-state index contributed by atoms with van der Waals surface area (Å²) in [6.07, 6.45) is 2.96. The number of hydrogen-bond acceptors (Lipinski definition) is 4. The average Bonchev–Trinajstić information content (AvgIpc) is 2.98. The molecule has 0 aromatic heterocycles. The first-order valence-corrected chi connectivity index (χ1v) is 9.52. The van der Waals surface area contributed by atoms with Crippen LogP contribution in [-0.2, 0) is 9.53 Å². The first-order chi connectivity index (χ1) is 12.4. The fourth-order valence-electron chi connectivity index (χ4n) is 3.56. The number of carbonyl (C=O) groups is 2. The number of rotatable bonds is 4. The number of allylic oxidation sites excluding steroid dienone is 1. The van der Waals surface area contributed by atoms with E-state index in [-0.39, 0.29) is 18.1 Å². The molecule has 2 aliphatic rings. The summed E-state index contributed by atoms with van der Waals surface area (Å²) in [7, 11) is 1.59. The minimum atomic E-state index is -0.574. The van der Waals surface area contributed by atoms with Gasteiger partial charge in [-0.2, -0.15) is 0 Å². The number of amides is 2. The van der Waals surface area contributed by atoms with E-state index in [4.69, 9.17) is 9.47 Å². The highest BCUT2D eigenvalue weighted by atomic mass is 79.9. The van der Waals surface area contributed by atoms with Crippen LogP contribution in [0.5, 0.6) is 5.75 Å². The molecule has 7 heteroatoms. The first kappa shape index (κ1) is 18.8. The third kappa shape index (κ3) is 3.72. The van der Waals surface area contributed by atoms with Crippen molar-refractivity contribution in [2.75, 3.05) is 7.11 Å². The summed E-state index contributed by atoms with van der Waals surface area (Å²) in [6, 6.07) is 4.55. The van der Waals surface area contributed by atoms with Crippen LogP contribution in [-0.4, -0.2) is 25.2 Å². The molecular weight excluding hydrogens is 400 g/mol. The Morgan fingerprint density at radius 3 is 2.69 bits per heavy atom. The van der Waals surface area contributed by atoms with Crippen molar-refractivity contribution in [3.8, 4) is 5.75 Å². The molecule has 1 aromatic rings. The van der Waals surface area contributed by atoms with Gasteiger partial charge < -0.3 is 20.1 Å². The van der Waals surface area contributed by atoms with Crippen LogP contribution in [0.15, 0.2) is 33.9 Å². The van der Waals surface area contributed by atoms with Crippen LogP contribution < -0.4 is 15.4 Å². The second-order valence-corrected chi connectivity index (χ2v) is 7.67. The second kappa shape index (κ2) is 7.70. The molecule has 1 heterocycles. The van der Waals surface area contributed by atoms with E-state index in [1.807, 2.05) is 12.1 Å². The quantitative estimate of drug-likeness (QED) is 0.722. The first-order valence-electron chi connectivity index (χ1n) is 8.73. The van der Waals surface area contributed by atoms with Crippen molar-refractivity contribution in [1.82, 2.24) is 10.6 Å². The van der Waals surface area contributed by atoms with Crippen molar-refractivity contribution in [3.05, 3.63) is 39.5 Å². The predicted octanol–water partition coefficient (Wildman–Crippen LogP) is 3.82. The number of urea groups is 1. The highest BCUT2D eigenvalue weighted by molar-refractivity contribution is 9.10. The molecule has 1 saturated carbocycles. The lowest BCUT2D eigenvalue weighted by Crippen LogP contribution is -2.45. The molecule has 1 aliphatic heterocycles. The van der Waals surface area contributed by atoms with Gasteiger partial charge in [0.25, 0.3) is 0 Å². The van der Waals surface area contributed by atoms with Crippen molar-refractivity contribution >= 4 is 27.9 Å². The van der Waals surface area contributed by atoms with Crippen molar-refractivity contribution < 1.29 is 19.1 Å². The summed E-state index contributed by atoms with van der Waals surface area (Å²) in [4.78, 5) is 24.9. The van der Waals surface area contributed by atoms with Crippen LogP contribution in [0.4, 0.5) is 4.79 Å². The molecule has 3 rings (SSSR count). The summed E-state index contributed by atoms with van der Waals surface area (Å²) < 4.78 is 11.8. The van der Waals surface area contributed by atoms with E-state index in [2.05, 4.69) is 33.5 Å². The fraction of sp³-hybridized carbons (Fsp3) is 0.474. The summed E-state index contributed by atoms with van der Waals surface area (Å²) in [5, 5.41) is 5.50. The Bertz CT molecular complexity index is 762. The smallest absolute Gasteiger partial charge is 0.338 e. The Labute approximate surface area is 161 Å². The van der Waals surface area contributed by atoms with Crippen molar-refractivity contribution in [3.63, 3.8) is 0 Å². The van der Waals surface area contributed by atoms with Gasteiger partial charge in [0.05, 0.1) is 23.2 Å². The molecular formula is C19H23BrN2O4. The van der Waals surface area contributed by atoms with Crippen LogP contribution >= 0.6 is 15.9 Å². The second-order valence-electron chi connectivity index (χ2n) is 6.82.